The van der Waals surface area contributed by atoms with Crippen LogP contribution >= 0.6 is 0 Å². The smallest absolute Gasteiger partial charge is 0.237 e. The van der Waals surface area contributed by atoms with Gasteiger partial charge in [0.1, 0.15) is 0 Å². The highest BCUT2D eigenvalue weighted by atomic mass is 19.3. The molecule has 0 atom stereocenters. The van der Waals surface area contributed by atoms with Crippen molar-refractivity contribution in [2.75, 3.05) is 0 Å². The number of halogens is 5. The first-order valence-corrected chi connectivity index (χ1v) is 1.61. The summed E-state index contributed by atoms with van der Waals surface area (Å²) in [4.78, 5) is 0. The molecule has 0 saturated carbocycles. The summed E-state index contributed by atoms with van der Waals surface area (Å²) in [6, 6.07) is 0. The predicted octanol–water partition coefficient (Wildman–Crippen LogP) is 2.02. The van der Waals surface area contributed by atoms with Gasteiger partial charge in [-0.15, -0.1) is 0 Å². The van der Waals surface area contributed by atoms with Crippen LogP contribution in [0.15, 0.2) is 0 Å². The molecule has 0 aromatic heterocycles. The number of hydrogen-bond donors (Lipinski definition) is 0. The van der Waals surface area contributed by atoms with Crippen molar-refractivity contribution in [3.05, 3.63) is 6.67 Å². The van der Waals surface area contributed by atoms with E-state index in [1.165, 1.54) is 0 Å². The third-order valence-corrected chi connectivity index (χ3v) is 0.436. The minimum Gasteiger partial charge on any atom is -0.237 e. The van der Waals surface area contributed by atoms with Crippen LogP contribution in [0.4, 0.5) is 22.0 Å². The Morgan fingerprint density at radius 1 is 1.25 bits per heavy atom. The molecule has 0 spiro atoms. The van der Waals surface area contributed by atoms with Gasteiger partial charge in [-0.25, -0.2) is 13.2 Å². The topological polar surface area (TPSA) is 0 Å². The van der Waals surface area contributed by atoms with E-state index < -0.39 is 19.0 Å². The van der Waals surface area contributed by atoms with Crippen molar-refractivity contribution in [1.82, 2.24) is 0 Å². The fourth-order valence-corrected chi connectivity index (χ4v) is 0.0476. The summed E-state index contributed by atoms with van der Waals surface area (Å²) in [6.45, 7) is -1.32. The third kappa shape index (κ3) is 1.63. The van der Waals surface area contributed by atoms with Crippen molar-refractivity contribution in [1.29, 1.82) is 0 Å². The minimum absolute atomic E-state index is 1.32. The van der Waals surface area contributed by atoms with Gasteiger partial charge in [0.15, 0.2) is 0 Å². The fourth-order valence-electron chi connectivity index (χ4n) is 0.0476. The monoisotopic (exact) mass is 133 g/mol. The highest BCUT2D eigenvalue weighted by Gasteiger charge is 2.41. The second kappa shape index (κ2) is 2.28. The van der Waals surface area contributed by atoms with E-state index in [4.69, 9.17) is 0 Å². The van der Waals surface area contributed by atoms with Gasteiger partial charge in [-0.05, 0) is 0 Å². The van der Waals surface area contributed by atoms with Gasteiger partial charge in [0.05, 0.1) is 0 Å². The van der Waals surface area contributed by atoms with Crippen molar-refractivity contribution in [3.8, 4) is 0 Å². The summed E-state index contributed by atoms with van der Waals surface area (Å²) < 4.78 is 54.4. The Bertz CT molecular complexity index is 68.1. The molecule has 5 heteroatoms. The molecular weight excluding hydrogens is 131 g/mol. The second-order valence-corrected chi connectivity index (χ2v) is 1.08. The lowest BCUT2D eigenvalue weighted by atomic mass is 10.4. The molecule has 0 aliphatic heterocycles. The van der Waals surface area contributed by atoms with Crippen molar-refractivity contribution in [2.24, 2.45) is 0 Å². The maximum atomic E-state index is 11.1. The van der Waals surface area contributed by atoms with Gasteiger partial charge in [0.25, 0.3) is 0 Å². The van der Waals surface area contributed by atoms with Gasteiger partial charge < -0.3 is 0 Å². The van der Waals surface area contributed by atoms with Gasteiger partial charge in [0.2, 0.25) is 6.67 Å². The van der Waals surface area contributed by atoms with E-state index in [1.807, 2.05) is 0 Å². The van der Waals surface area contributed by atoms with Crippen LogP contribution in [-0.4, -0.2) is 12.3 Å². The molecule has 0 fully saturated rings. The van der Waals surface area contributed by atoms with Crippen LogP contribution in [-0.2, 0) is 0 Å². The van der Waals surface area contributed by atoms with Crippen LogP contribution in [0.1, 0.15) is 0 Å². The first kappa shape index (κ1) is 7.65. The average Bonchev–Trinajstić information content (AvgIpc) is 1.67. The van der Waals surface area contributed by atoms with E-state index in [2.05, 4.69) is 0 Å². The normalized spacial score (nSPS) is 12.8. The number of hydrogen-bond acceptors (Lipinski definition) is 0. The number of rotatable bonds is 2. The molecule has 0 nitrogen and oxygen atoms in total. The minimum atomic E-state index is -4.58. The molecule has 49 valence electrons. The largest absolute Gasteiger partial charge is 0.340 e. The van der Waals surface area contributed by atoms with E-state index in [0.29, 0.717) is 0 Å². The summed E-state index contributed by atoms with van der Waals surface area (Å²) >= 11 is 0. The van der Waals surface area contributed by atoms with E-state index in [-0.39, 0.29) is 0 Å². The molecule has 0 saturated heterocycles. The van der Waals surface area contributed by atoms with Crippen molar-refractivity contribution in [2.45, 2.75) is 12.3 Å². The predicted molar refractivity (Wildman–Crippen MR) is 16.4 cm³/mol. The molecule has 1 radical (unpaired) electrons. The second-order valence-electron chi connectivity index (χ2n) is 1.08. The Labute approximate surface area is 42.3 Å². The van der Waals surface area contributed by atoms with Crippen LogP contribution in [0, 0.1) is 6.67 Å². The molecular formula is C3H2F5. The summed E-state index contributed by atoms with van der Waals surface area (Å²) in [5, 5.41) is 0. The summed E-state index contributed by atoms with van der Waals surface area (Å²) in [6.07, 6.45) is -3.95. The van der Waals surface area contributed by atoms with Gasteiger partial charge in [-0.3, -0.25) is 0 Å². The van der Waals surface area contributed by atoms with Crippen LogP contribution in [0.3, 0.4) is 0 Å². The SMILES string of the molecule is F[CH]C(F)(F)C(F)F. The highest BCUT2D eigenvalue weighted by Crippen LogP contribution is 2.25. The maximum Gasteiger partial charge on any atom is 0.340 e. The first-order valence-electron chi connectivity index (χ1n) is 1.61. The molecule has 0 aromatic carbocycles. The van der Waals surface area contributed by atoms with Crippen molar-refractivity contribution >= 4 is 0 Å². The molecule has 0 N–H and O–H groups in total. The average molecular weight is 133 g/mol. The Kier molecular flexibility index (Phi) is 2.18. The summed E-state index contributed by atoms with van der Waals surface area (Å²) in [5.74, 6) is -4.58. The zero-order valence-corrected chi connectivity index (χ0v) is 3.54. The quantitative estimate of drug-likeness (QED) is 0.505. The maximum absolute atomic E-state index is 11.1. The van der Waals surface area contributed by atoms with Crippen LogP contribution in [0.5, 0.6) is 0 Å². The lowest BCUT2D eigenvalue weighted by molar-refractivity contribution is -0.116. The van der Waals surface area contributed by atoms with Crippen LogP contribution in [0.2, 0.25) is 0 Å². The summed E-state index contributed by atoms with van der Waals surface area (Å²) in [5.41, 5.74) is 0. The van der Waals surface area contributed by atoms with Gasteiger partial charge >= 0.3 is 12.3 Å². The van der Waals surface area contributed by atoms with Crippen molar-refractivity contribution < 1.29 is 22.0 Å². The van der Waals surface area contributed by atoms with E-state index in [0.717, 1.165) is 0 Å². The van der Waals surface area contributed by atoms with Gasteiger partial charge in [-0.1, -0.05) is 0 Å². The lowest BCUT2D eigenvalue weighted by Crippen LogP contribution is -2.24. The first-order chi connectivity index (χ1) is 3.50. The Morgan fingerprint density at radius 3 is 1.62 bits per heavy atom. The molecule has 0 aliphatic rings. The van der Waals surface area contributed by atoms with E-state index in [9.17, 15) is 22.0 Å². The fraction of sp³-hybridized carbons (Fsp3) is 0.667. The molecule has 0 amide bonds. The number of alkyl halides is 4. The Hall–Kier alpha value is -0.350. The van der Waals surface area contributed by atoms with Crippen LogP contribution in [0.25, 0.3) is 0 Å². The zero-order chi connectivity index (χ0) is 6.78. The molecule has 0 unspecified atom stereocenters. The van der Waals surface area contributed by atoms with Crippen LogP contribution < -0.4 is 0 Å². The highest BCUT2D eigenvalue weighted by molar-refractivity contribution is 4.76. The standard InChI is InChI=1S/C3H2F5/c4-1-3(7,8)2(5)6/h1-2H. The molecule has 0 bridgehead atoms. The molecule has 0 aliphatic carbocycles. The van der Waals surface area contributed by atoms with Gasteiger partial charge in [-0.2, -0.15) is 8.78 Å². The van der Waals surface area contributed by atoms with E-state index in [1.54, 1.807) is 0 Å². The zero-order valence-electron chi connectivity index (χ0n) is 3.54. The van der Waals surface area contributed by atoms with Crippen molar-refractivity contribution in [3.63, 3.8) is 0 Å². The summed E-state index contributed by atoms with van der Waals surface area (Å²) in [7, 11) is 0. The molecule has 0 heterocycles. The van der Waals surface area contributed by atoms with E-state index >= 15 is 0 Å². The molecule has 0 rings (SSSR count). The van der Waals surface area contributed by atoms with Gasteiger partial charge in [0, 0.05) is 0 Å². The Balaban J connectivity index is 3.71. The third-order valence-electron chi connectivity index (χ3n) is 0.436. The lowest BCUT2D eigenvalue weighted by Gasteiger charge is -2.07. The molecule has 0 aromatic rings. The Morgan fingerprint density at radius 2 is 1.62 bits per heavy atom. The molecule has 8 heavy (non-hydrogen) atoms.